The lowest BCUT2D eigenvalue weighted by atomic mass is 10.2. The molecular formula is C15H15NO3. The van der Waals surface area contributed by atoms with E-state index in [-0.39, 0.29) is 6.10 Å². The lowest BCUT2D eigenvalue weighted by molar-refractivity contribution is 0.0600. The Labute approximate surface area is 112 Å². The molecule has 1 unspecified atom stereocenters. The van der Waals surface area contributed by atoms with E-state index in [4.69, 9.17) is 4.74 Å². The fourth-order valence-electron chi connectivity index (χ4n) is 1.65. The molecule has 0 aliphatic carbocycles. The standard InChI is InChI=1S/C15H15NO3/c1-11(19-13-6-4-3-5-7-13)14-9-8-12(10-16-14)15(17)18-2/h3-11H,1-2H3. The average Bonchev–Trinajstić information content (AvgIpc) is 2.47. The van der Waals surface area contributed by atoms with Gasteiger partial charge < -0.3 is 9.47 Å². The van der Waals surface area contributed by atoms with Crippen molar-refractivity contribution in [3.63, 3.8) is 0 Å². The maximum Gasteiger partial charge on any atom is 0.339 e. The average molecular weight is 257 g/mol. The Kier molecular flexibility index (Phi) is 4.13. The third-order valence-corrected chi connectivity index (χ3v) is 2.68. The summed E-state index contributed by atoms with van der Waals surface area (Å²) in [5.74, 6) is 0.393. The Morgan fingerprint density at radius 3 is 2.47 bits per heavy atom. The highest BCUT2D eigenvalue weighted by Gasteiger charge is 2.11. The summed E-state index contributed by atoms with van der Waals surface area (Å²) in [6.07, 6.45) is 1.31. The first-order valence-electron chi connectivity index (χ1n) is 5.96. The van der Waals surface area contributed by atoms with Crippen LogP contribution in [-0.4, -0.2) is 18.1 Å². The molecule has 0 radical (unpaired) electrons. The molecule has 1 heterocycles. The van der Waals surface area contributed by atoms with Crippen LogP contribution in [0.1, 0.15) is 29.1 Å². The Hall–Kier alpha value is -2.36. The number of carbonyl (C=O) groups is 1. The van der Waals surface area contributed by atoms with E-state index in [2.05, 4.69) is 9.72 Å². The van der Waals surface area contributed by atoms with Gasteiger partial charge in [0, 0.05) is 6.20 Å². The van der Waals surface area contributed by atoms with Gasteiger partial charge in [-0.3, -0.25) is 4.98 Å². The lowest BCUT2D eigenvalue weighted by Gasteiger charge is -2.14. The van der Waals surface area contributed by atoms with Crippen molar-refractivity contribution >= 4 is 5.97 Å². The molecule has 0 aliphatic rings. The molecule has 0 N–H and O–H groups in total. The highest BCUT2D eigenvalue weighted by molar-refractivity contribution is 5.88. The zero-order valence-electron chi connectivity index (χ0n) is 10.9. The molecule has 0 saturated carbocycles. The summed E-state index contributed by atoms with van der Waals surface area (Å²) in [5, 5.41) is 0. The summed E-state index contributed by atoms with van der Waals surface area (Å²) in [5.41, 5.74) is 1.19. The number of nitrogens with zero attached hydrogens (tertiary/aromatic N) is 1. The first-order valence-corrected chi connectivity index (χ1v) is 5.96. The third-order valence-electron chi connectivity index (χ3n) is 2.68. The molecule has 2 aromatic rings. The minimum Gasteiger partial charge on any atom is -0.484 e. The van der Waals surface area contributed by atoms with Crippen LogP contribution in [0, 0.1) is 0 Å². The van der Waals surface area contributed by atoms with Gasteiger partial charge in [0.15, 0.2) is 0 Å². The highest BCUT2D eigenvalue weighted by atomic mass is 16.5. The Morgan fingerprint density at radius 1 is 1.16 bits per heavy atom. The summed E-state index contributed by atoms with van der Waals surface area (Å²) in [6, 6.07) is 13.0. The maximum atomic E-state index is 11.3. The van der Waals surface area contributed by atoms with Crippen LogP contribution < -0.4 is 4.74 Å². The molecule has 1 aromatic heterocycles. The molecule has 19 heavy (non-hydrogen) atoms. The number of esters is 1. The van der Waals surface area contributed by atoms with Crippen molar-refractivity contribution in [3.8, 4) is 5.75 Å². The molecule has 2 rings (SSSR count). The number of hydrogen-bond acceptors (Lipinski definition) is 4. The monoisotopic (exact) mass is 257 g/mol. The fourth-order valence-corrected chi connectivity index (χ4v) is 1.65. The molecule has 4 nitrogen and oxygen atoms in total. The zero-order chi connectivity index (χ0) is 13.7. The number of methoxy groups -OCH3 is 1. The molecule has 0 saturated heterocycles. The van der Waals surface area contributed by atoms with Crippen molar-refractivity contribution in [2.75, 3.05) is 7.11 Å². The van der Waals surface area contributed by atoms with Crippen LogP contribution in [0.5, 0.6) is 5.75 Å². The largest absolute Gasteiger partial charge is 0.484 e. The first-order chi connectivity index (χ1) is 9.20. The van der Waals surface area contributed by atoms with Gasteiger partial charge >= 0.3 is 5.97 Å². The number of carbonyl (C=O) groups excluding carboxylic acids is 1. The van der Waals surface area contributed by atoms with Crippen LogP contribution in [0.25, 0.3) is 0 Å². The van der Waals surface area contributed by atoms with E-state index in [0.29, 0.717) is 5.56 Å². The molecule has 0 spiro atoms. The molecule has 0 bridgehead atoms. The van der Waals surface area contributed by atoms with Crippen LogP contribution in [0.2, 0.25) is 0 Å². The fraction of sp³-hybridized carbons (Fsp3) is 0.200. The minimum atomic E-state index is -0.393. The molecule has 0 fully saturated rings. The van der Waals surface area contributed by atoms with Crippen LogP contribution in [0.3, 0.4) is 0 Å². The smallest absolute Gasteiger partial charge is 0.339 e. The molecule has 98 valence electrons. The molecule has 4 heteroatoms. The van der Waals surface area contributed by atoms with Crippen LogP contribution in [0.4, 0.5) is 0 Å². The molecule has 0 aliphatic heterocycles. The first kappa shape index (κ1) is 13.1. The normalized spacial score (nSPS) is 11.7. The highest BCUT2D eigenvalue weighted by Crippen LogP contribution is 2.19. The van der Waals surface area contributed by atoms with E-state index < -0.39 is 5.97 Å². The predicted octanol–water partition coefficient (Wildman–Crippen LogP) is 3.01. The number of hydrogen-bond donors (Lipinski definition) is 0. The van der Waals surface area contributed by atoms with Gasteiger partial charge in [-0.25, -0.2) is 4.79 Å². The Bertz CT molecular complexity index is 537. The van der Waals surface area contributed by atoms with Gasteiger partial charge in [0.05, 0.1) is 18.4 Å². The quantitative estimate of drug-likeness (QED) is 0.790. The Morgan fingerprint density at radius 2 is 1.89 bits per heavy atom. The second-order valence-corrected chi connectivity index (χ2v) is 4.04. The molecule has 1 aromatic carbocycles. The number of ether oxygens (including phenoxy) is 2. The van der Waals surface area contributed by atoms with Gasteiger partial charge in [-0.2, -0.15) is 0 Å². The summed E-state index contributed by atoms with van der Waals surface area (Å²) in [4.78, 5) is 15.5. The number of benzene rings is 1. The predicted molar refractivity (Wildman–Crippen MR) is 71.1 cm³/mol. The molecular weight excluding hydrogens is 242 g/mol. The van der Waals surface area contributed by atoms with Crippen molar-refractivity contribution in [3.05, 3.63) is 59.9 Å². The van der Waals surface area contributed by atoms with Gasteiger partial charge in [0.25, 0.3) is 0 Å². The van der Waals surface area contributed by atoms with Crippen LogP contribution in [-0.2, 0) is 4.74 Å². The molecule has 1 atom stereocenters. The van der Waals surface area contributed by atoms with E-state index in [1.165, 1.54) is 13.3 Å². The van der Waals surface area contributed by atoms with E-state index >= 15 is 0 Å². The van der Waals surface area contributed by atoms with Crippen molar-refractivity contribution < 1.29 is 14.3 Å². The summed E-state index contributed by atoms with van der Waals surface area (Å²) >= 11 is 0. The van der Waals surface area contributed by atoms with Gasteiger partial charge in [-0.1, -0.05) is 18.2 Å². The number of rotatable bonds is 4. The van der Waals surface area contributed by atoms with Gasteiger partial charge in [0.1, 0.15) is 11.9 Å². The van der Waals surface area contributed by atoms with Gasteiger partial charge in [-0.15, -0.1) is 0 Å². The molecule has 0 amide bonds. The van der Waals surface area contributed by atoms with Crippen molar-refractivity contribution in [2.45, 2.75) is 13.0 Å². The number of aromatic nitrogens is 1. The van der Waals surface area contributed by atoms with Gasteiger partial charge in [-0.05, 0) is 31.2 Å². The van der Waals surface area contributed by atoms with Crippen molar-refractivity contribution in [1.29, 1.82) is 0 Å². The topological polar surface area (TPSA) is 48.4 Å². The van der Waals surface area contributed by atoms with Crippen LogP contribution >= 0.6 is 0 Å². The minimum absolute atomic E-state index is 0.186. The third kappa shape index (κ3) is 3.31. The zero-order valence-corrected chi connectivity index (χ0v) is 10.9. The summed E-state index contributed by atoms with van der Waals surface area (Å²) in [7, 11) is 1.34. The van der Waals surface area contributed by atoms with E-state index in [9.17, 15) is 4.79 Å². The van der Waals surface area contributed by atoms with Crippen molar-refractivity contribution in [2.24, 2.45) is 0 Å². The van der Waals surface area contributed by atoms with Gasteiger partial charge in [0.2, 0.25) is 0 Å². The van der Waals surface area contributed by atoms with E-state index in [1.807, 2.05) is 37.3 Å². The second-order valence-electron chi connectivity index (χ2n) is 4.04. The van der Waals surface area contributed by atoms with Crippen LogP contribution in [0.15, 0.2) is 48.7 Å². The Balaban J connectivity index is 2.07. The summed E-state index contributed by atoms with van der Waals surface area (Å²) < 4.78 is 10.4. The number of para-hydroxylation sites is 1. The second kappa shape index (κ2) is 6.00. The van der Waals surface area contributed by atoms with E-state index in [0.717, 1.165) is 11.4 Å². The lowest BCUT2D eigenvalue weighted by Crippen LogP contribution is -2.07. The van der Waals surface area contributed by atoms with E-state index in [1.54, 1.807) is 12.1 Å². The SMILES string of the molecule is COC(=O)c1ccc(C(C)Oc2ccccc2)nc1. The summed E-state index contributed by atoms with van der Waals surface area (Å²) in [6.45, 7) is 1.91. The van der Waals surface area contributed by atoms with Crippen molar-refractivity contribution in [1.82, 2.24) is 4.98 Å². The number of pyridine rings is 1. The maximum absolute atomic E-state index is 11.3.